The van der Waals surface area contributed by atoms with E-state index in [2.05, 4.69) is 31.5 Å². The quantitative estimate of drug-likeness (QED) is 0.547. The van der Waals surface area contributed by atoms with Gasteiger partial charge in [0.15, 0.2) is 5.82 Å². The van der Waals surface area contributed by atoms with Crippen LogP contribution in [0.2, 0.25) is 0 Å². The predicted octanol–water partition coefficient (Wildman–Crippen LogP) is 2.30. The third-order valence-corrected chi connectivity index (χ3v) is 4.31. The summed E-state index contributed by atoms with van der Waals surface area (Å²) >= 11 is 0. The molecule has 1 heterocycles. The predicted molar refractivity (Wildman–Crippen MR) is 113 cm³/mol. The van der Waals surface area contributed by atoms with E-state index in [9.17, 15) is 9.59 Å². The van der Waals surface area contributed by atoms with Gasteiger partial charge in [-0.2, -0.15) is 4.68 Å². The zero-order valence-corrected chi connectivity index (χ0v) is 17.2. The fourth-order valence-corrected chi connectivity index (χ4v) is 2.87. The summed E-state index contributed by atoms with van der Waals surface area (Å²) in [5.41, 5.74) is 3.60. The van der Waals surface area contributed by atoms with E-state index < -0.39 is 0 Å². The highest BCUT2D eigenvalue weighted by Gasteiger charge is 2.11. The Morgan fingerprint density at radius 3 is 2.50 bits per heavy atom. The van der Waals surface area contributed by atoms with Gasteiger partial charge in [-0.1, -0.05) is 6.07 Å². The summed E-state index contributed by atoms with van der Waals surface area (Å²) in [7, 11) is 1.51. The van der Waals surface area contributed by atoms with Gasteiger partial charge in [-0.3, -0.25) is 9.59 Å². The molecule has 10 nitrogen and oxygen atoms in total. The summed E-state index contributed by atoms with van der Waals surface area (Å²) in [5, 5.41) is 20.1. The van der Waals surface area contributed by atoms with Crippen LogP contribution in [-0.2, 0) is 9.59 Å². The number of anilines is 3. The number of nitrogens with one attached hydrogen (secondary N) is 3. The summed E-state index contributed by atoms with van der Waals surface area (Å²) in [6.45, 7) is 5.22. The number of ether oxygens (including phenoxy) is 1. The normalized spacial score (nSPS) is 10.4. The minimum absolute atomic E-state index is 0.0324. The van der Waals surface area contributed by atoms with Crippen LogP contribution in [0.15, 0.2) is 36.4 Å². The number of hydrogen-bond donors (Lipinski definition) is 3. The van der Waals surface area contributed by atoms with Crippen molar-refractivity contribution in [3.63, 3.8) is 0 Å². The average molecular weight is 409 g/mol. The van der Waals surface area contributed by atoms with Gasteiger partial charge in [0.1, 0.15) is 5.75 Å². The summed E-state index contributed by atoms with van der Waals surface area (Å²) < 4.78 is 6.92. The zero-order chi connectivity index (χ0) is 21.7. The van der Waals surface area contributed by atoms with Crippen molar-refractivity contribution >= 4 is 28.9 Å². The molecule has 10 heteroatoms. The van der Waals surface area contributed by atoms with Gasteiger partial charge < -0.3 is 20.7 Å². The molecule has 3 aromatic rings. The van der Waals surface area contributed by atoms with E-state index in [1.54, 1.807) is 22.9 Å². The largest absolute Gasteiger partial charge is 0.495 e. The van der Waals surface area contributed by atoms with Gasteiger partial charge >= 0.3 is 0 Å². The van der Waals surface area contributed by atoms with Crippen LogP contribution in [0.4, 0.5) is 17.1 Å². The van der Waals surface area contributed by atoms with Crippen molar-refractivity contribution in [1.82, 2.24) is 20.2 Å². The Morgan fingerprint density at radius 1 is 1.07 bits per heavy atom. The highest BCUT2D eigenvalue weighted by Crippen LogP contribution is 2.28. The molecular formula is C20H23N7O3. The molecular weight excluding hydrogens is 386 g/mol. The van der Waals surface area contributed by atoms with Crippen molar-refractivity contribution in [2.45, 2.75) is 20.8 Å². The lowest BCUT2D eigenvalue weighted by Gasteiger charge is -2.14. The first-order valence-electron chi connectivity index (χ1n) is 9.22. The van der Waals surface area contributed by atoms with Crippen LogP contribution in [0.3, 0.4) is 0 Å². The molecule has 3 rings (SSSR count). The lowest BCUT2D eigenvalue weighted by Crippen LogP contribution is -2.22. The van der Waals surface area contributed by atoms with Gasteiger partial charge in [-0.05, 0) is 60.2 Å². The average Bonchev–Trinajstić information content (AvgIpc) is 3.13. The van der Waals surface area contributed by atoms with E-state index in [1.807, 2.05) is 32.0 Å². The van der Waals surface area contributed by atoms with Crippen LogP contribution in [0.25, 0.3) is 5.69 Å². The molecule has 0 unspecified atom stereocenters. The lowest BCUT2D eigenvalue weighted by molar-refractivity contribution is -0.115. The Balaban J connectivity index is 1.69. The summed E-state index contributed by atoms with van der Waals surface area (Å²) in [6, 6.07) is 10.7. The van der Waals surface area contributed by atoms with E-state index >= 15 is 0 Å². The second-order valence-corrected chi connectivity index (χ2v) is 6.64. The Morgan fingerprint density at radius 2 is 1.83 bits per heavy atom. The van der Waals surface area contributed by atoms with Gasteiger partial charge in [0.05, 0.1) is 25.0 Å². The molecule has 0 radical (unpaired) electrons. The number of amides is 2. The van der Waals surface area contributed by atoms with Crippen LogP contribution in [-0.4, -0.2) is 45.7 Å². The molecule has 2 amide bonds. The first kappa shape index (κ1) is 20.8. The van der Waals surface area contributed by atoms with Crippen molar-refractivity contribution in [2.75, 3.05) is 29.6 Å². The summed E-state index contributed by atoms with van der Waals surface area (Å²) in [5.74, 6) is 0.685. The minimum Gasteiger partial charge on any atom is -0.495 e. The van der Waals surface area contributed by atoms with E-state index in [0.29, 0.717) is 22.9 Å². The number of nitrogens with zero attached hydrogens (tertiary/aromatic N) is 4. The molecule has 0 aliphatic rings. The van der Waals surface area contributed by atoms with Gasteiger partial charge in [-0.15, -0.1) is 5.10 Å². The second kappa shape index (κ2) is 9.03. The summed E-state index contributed by atoms with van der Waals surface area (Å²) in [6.07, 6.45) is 0. The highest BCUT2D eigenvalue weighted by molar-refractivity contribution is 5.96. The van der Waals surface area contributed by atoms with Crippen molar-refractivity contribution in [3.05, 3.63) is 47.8 Å². The maximum Gasteiger partial charge on any atom is 0.243 e. The molecule has 0 spiro atoms. The minimum atomic E-state index is -0.269. The molecule has 156 valence electrons. The third kappa shape index (κ3) is 4.90. The monoisotopic (exact) mass is 409 g/mol. The van der Waals surface area contributed by atoms with E-state index in [-0.39, 0.29) is 18.4 Å². The number of benzene rings is 2. The highest BCUT2D eigenvalue weighted by atomic mass is 16.5. The number of aromatic nitrogens is 4. The molecule has 0 aliphatic carbocycles. The number of methoxy groups -OCH3 is 1. The maximum absolute atomic E-state index is 12.5. The number of rotatable bonds is 7. The Labute approximate surface area is 173 Å². The van der Waals surface area contributed by atoms with Crippen molar-refractivity contribution < 1.29 is 14.3 Å². The first-order valence-corrected chi connectivity index (χ1v) is 9.22. The zero-order valence-electron chi connectivity index (χ0n) is 17.2. The molecule has 0 bridgehead atoms. The third-order valence-electron chi connectivity index (χ3n) is 4.31. The van der Waals surface area contributed by atoms with E-state index in [0.717, 1.165) is 16.9 Å². The van der Waals surface area contributed by atoms with Gasteiger partial charge in [0.2, 0.25) is 11.8 Å². The number of tetrazole rings is 1. The Bertz CT molecular complexity index is 1080. The van der Waals surface area contributed by atoms with Crippen LogP contribution < -0.4 is 20.7 Å². The fraction of sp³-hybridized carbons (Fsp3) is 0.250. The number of carbonyl (C=O) groups is 2. The molecule has 0 atom stereocenters. The van der Waals surface area contributed by atoms with Gasteiger partial charge in [0, 0.05) is 18.3 Å². The summed E-state index contributed by atoms with van der Waals surface area (Å²) in [4.78, 5) is 23.7. The van der Waals surface area contributed by atoms with Crippen LogP contribution in [0.1, 0.15) is 18.3 Å². The smallest absolute Gasteiger partial charge is 0.243 e. The van der Waals surface area contributed by atoms with Gasteiger partial charge in [0.25, 0.3) is 0 Å². The van der Waals surface area contributed by atoms with Crippen LogP contribution >= 0.6 is 0 Å². The molecule has 0 saturated heterocycles. The van der Waals surface area contributed by atoms with Crippen molar-refractivity contribution in [1.29, 1.82) is 0 Å². The molecule has 2 aromatic carbocycles. The first-order chi connectivity index (χ1) is 14.4. The SMILES string of the molecule is COc1ccc(NC(C)=O)cc1NC(=O)CNc1ccc(C)c(-n2nnnc2C)c1. The molecule has 3 N–H and O–H groups in total. The van der Waals surface area contributed by atoms with Crippen LogP contribution in [0, 0.1) is 13.8 Å². The molecule has 0 fully saturated rings. The van der Waals surface area contributed by atoms with Crippen LogP contribution in [0.5, 0.6) is 5.75 Å². The number of aryl methyl sites for hydroxylation is 2. The van der Waals surface area contributed by atoms with Gasteiger partial charge in [-0.25, -0.2) is 0 Å². The second-order valence-electron chi connectivity index (χ2n) is 6.64. The molecule has 1 aromatic heterocycles. The molecule has 30 heavy (non-hydrogen) atoms. The van der Waals surface area contributed by atoms with Crippen molar-refractivity contribution in [3.8, 4) is 11.4 Å². The molecule has 0 aliphatic heterocycles. The lowest BCUT2D eigenvalue weighted by atomic mass is 10.2. The number of carbonyl (C=O) groups excluding carboxylic acids is 2. The van der Waals surface area contributed by atoms with Crippen molar-refractivity contribution in [2.24, 2.45) is 0 Å². The fourth-order valence-electron chi connectivity index (χ4n) is 2.87. The Hall–Kier alpha value is -3.95. The van der Waals surface area contributed by atoms with E-state index in [1.165, 1.54) is 14.0 Å². The number of hydrogen-bond acceptors (Lipinski definition) is 7. The standard InChI is InChI=1S/C20H23N7O3/c1-12-5-6-15(10-18(12)27-13(2)24-25-26-27)21-11-20(29)23-17-9-16(22-14(3)28)7-8-19(17)30-4/h5-10,21H,11H2,1-4H3,(H,22,28)(H,23,29). The maximum atomic E-state index is 12.5. The topological polar surface area (TPSA) is 123 Å². The van der Waals surface area contributed by atoms with E-state index in [4.69, 9.17) is 4.74 Å². The molecule has 0 saturated carbocycles. The Kier molecular flexibility index (Phi) is 6.26.